The van der Waals surface area contributed by atoms with Crippen LogP contribution in [0.15, 0.2) is 80.8 Å². The van der Waals surface area contributed by atoms with Crippen molar-refractivity contribution in [3.8, 4) is 5.75 Å². The molecule has 5 rings (SSSR count). The standard InChI is InChI=1S/C23H15Br2ClN2O2/c24-15-5-1-13(2-6-15)19-12-20-18-11-17(26)9-10-21(18)30-23(28(20)27-19)22(29)14-3-7-16(25)8-4-14/h1-11,20,23H,12H2. The van der Waals surface area contributed by atoms with Gasteiger partial charge in [-0.25, -0.2) is 5.01 Å². The van der Waals surface area contributed by atoms with Crippen LogP contribution in [0.25, 0.3) is 0 Å². The zero-order valence-electron chi connectivity index (χ0n) is 15.6. The van der Waals surface area contributed by atoms with E-state index in [2.05, 4.69) is 31.9 Å². The van der Waals surface area contributed by atoms with Crippen molar-refractivity contribution >= 4 is 55.0 Å². The van der Waals surface area contributed by atoms with Gasteiger partial charge in [-0.05, 0) is 48.0 Å². The van der Waals surface area contributed by atoms with E-state index in [0.29, 0.717) is 22.8 Å². The Morgan fingerprint density at radius 1 is 1.00 bits per heavy atom. The van der Waals surface area contributed by atoms with E-state index >= 15 is 0 Å². The number of ketones is 1. The Morgan fingerprint density at radius 3 is 2.37 bits per heavy atom. The summed E-state index contributed by atoms with van der Waals surface area (Å²) in [6.07, 6.45) is -0.166. The van der Waals surface area contributed by atoms with Crippen molar-refractivity contribution in [2.75, 3.05) is 0 Å². The predicted molar refractivity (Wildman–Crippen MR) is 124 cm³/mol. The molecule has 0 N–H and O–H groups in total. The van der Waals surface area contributed by atoms with Crippen LogP contribution in [0.4, 0.5) is 0 Å². The molecule has 0 radical (unpaired) electrons. The van der Waals surface area contributed by atoms with Crippen LogP contribution in [0.3, 0.4) is 0 Å². The van der Waals surface area contributed by atoms with Crippen LogP contribution in [-0.4, -0.2) is 22.7 Å². The lowest BCUT2D eigenvalue weighted by Crippen LogP contribution is -2.45. The number of hydrogen-bond donors (Lipinski definition) is 0. The van der Waals surface area contributed by atoms with Gasteiger partial charge in [-0.3, -0.25) is 4.79 Å². The van der Waals surface area contributed by atoms with Crippen molar-refractivity contribution in [1.82, 2.24) is 5.01 Å². The number of Topliss-reactive ketones (excluding diaryl/α,β-unsaturated/α-hetero) is 1. The normalized spacial score (nSPS) is 19.6. The minimum absolute atomic E-state index is 0.115. The summed E-state index contributed by atoms with van der Waals surface area (Å²) < 4.78 is 8.06. The maximum Gasteiger partial charge on any atom is 0.251 e. The maximum absolute atomic E-state index is 13.3. The molecule has 0 saturated carbocycles. The Bertz CT molecular complexity index is 1160. The molecule has 2 aliphatic heterocycles. The van der Waals surface area contributed by atoms with Crippen LogP contribution in [0.5, 0.6) is 5.75 Å². The monoisotopic (exact) mass is 544 g/mol. The Labute approximate surface area is 195 Å². The first-order chi connectivity index (χ1) is 14.5. The van der Waals surface area contributed by atoms with Crippen LogP contribution in [0.2, 0.25) is 5.02 Å². The average molecular weight is 547 g/mol. The van der Waals surface area contributed by atoms with E-state index in [0.717, 1.165) is 25.8 Å². The van der Waals surface area contributed by atoms with Crippen LogP contribution < -0.4 is 4.74 Å². The van der Waals surface area contributed by atoms with Crippen molar-refractivity contribution in [2.24, 2.45) is 5.10 Å². The molecule has 2 unspecified atom stereocenters. The number of fused-ring (bicyclic) bond motifs is 3. The zero-order valence-corrected chi connectivity index (χ0v) is 19.5. The minimum Gasteiger partial charge on any atom is -0.461 e. The van der Waals surface area contributed by atoms with E-state index < -0.39 is 6.23 Å². The second-order valence-corrected chi connectivity index (χ2v) is 9.44. The smallest absolute Gasteiger partial charge is 0.251 e. The third kappa shape index (κ3) is 3.57. The number of ether oxygens (including phenoxy) is 1. The van der Waals surface area contributed by atoms with Crippen molar-refractivity contribution in [3.05, 3.63) is 97.4 Å². The first-order valence-corrected chi connectivity index (χ1v) is 11.3. The maximum atomic E-state index is 13.3. The number of halogens is 3. The molecule has 0 amide bonds. The van der Waals surface area contributed by atoms with Gasteiger partial charge >= 0.3 is 0 Å². The fraction of sp³-hybridized carbons (Fsp3) is 0.130. The lowest BCUT2D eigenvalue weighted by Gasteiger charge is -2.37. The first-order valence-electron chi connectivity index (χ1n) is 9.37. The predicted octanol–water partition coefficient (Wildman–Crippen LogP) is 6.62. The number of rotatable bonds is 3. The summed E-state index contributed by atoms with van der Waals surface area (Å²) >= 11 is 13.1. The molecule has 4 nitrogen and oxygen atoms in total. The third-order valence-electron chi connectivity index (χ3n) is 5.28. The van der Waals surface area contributed by atoms with Crippen molar-refractivity contribution in [2.45, 2.75) is 18.7 Å². The largest absolute Gasteiger partial charge is 0.461 e. The molecule has 0 bridgehead atoms. The molecule has 150 valence electrons. The number of hydrazone groups is 1. The molecule has 0 spiro atoms. The highest BCUT2D eigenvalue weighted by Crippen LogP contribution is 2.44. The molecular weight excluding hydrogens is 532 g/mol. The number of benzene rings is 3. The Morgan fingerprint density at radius 2 is 1.67 bits per heavy atom. The lowest BCUT2D eigenvalue weighted by molar-refractivity contribution is -0.00455. The van der Waals surface area contributed by atoms with Gasteiger partial charge in [0, 0.05) is 31.5 Å². The van der Waals surface area contributed by atoms with E-state index in [-0.39, 0.29) is 11.8 Å². The second-order valence-electron chi connectivity index (χ2n) is 7.18. The van der Waals surface area contributed by atoms with E-state index in [4.69, 9.17) is 21.4 Å². The number of carbonyl (C=O) groups excluding carboxylic acids is 1. The molecule has 0 saturated heterocycles. The summed E-state index contributed by atoms with van der Waals surface area (Å²) in [5, 5.41) is 7.23. The van der Waals surface area contributed by atoms with Gasteiger partial charge in [-0.15, -0.1) is 0 Å². The highest BCUT2D eigenvalue weighted by Gasteiger charge is 2.43. The highest BCUT2D eigenvalue weighted by atomic mass is 79.9. The molecule has 3 aromatic carbocycles. The van der Waals surface area contributed by atoms with Crippen molar-refractivity contribution in [1.29, 1.82) is 0 Å². The van der Waals surface area contributed by atoms with E-state index in [1.54, 1.807) is 23.2 Å². The highest BCUT2D eigenvalue weighted by molar-refractivity contribution is 9.10. The topological polar surface area (TPSA) is 41.9 Å². The summed E-state index contributed by atoms with van der Waals surface area (Å²) in [5.74, 6) is 0.539. The SMILES string of the molecule is O=C(c1ccc(Br)cc1)C1Oc2ccc(Cl)cc2C2CC(c3ccc(Br)cc3)=NN12. The van der Waals surface area contributed by atoms with Crippen molar-refractivity contribution < 1.29 is 9.53 Å². The number of nitrogens with zero attached hydrogens (tertiary/aromatic N) is 2. The quantitative estimate of drug-likeness (QED) is 0.347. The minimum atomic E-state index is -0.835. The molecule has 30 heavy (non-hydrogen) atoms. The molecule has 0 aromatic heterocycles. The van der Waals surface area contributed by atoms with E-state index in [1.165, 1.54) is 0 Å². The fourth-order valence-electron chi connectivity index (χ4n) is 3.80. The Hall–Kier alpha value is -2.15. The van der Waals surface area contributed by atoms with Gasteiger partial charge in [0.2, 0.25) is 5.78 Å². The summed E-state index contributed by atoms with van der Waals surface area (Å²) in [4.78, 5) is 13.3. The molecule has 0 fully saturated rings. The zero-order chi connectivity index (χ0) is 20.8. The van der Waals surface area contributed by atoms with Gasteiger partial charge in [0.25, 0.3) is 6.23 Å². The van der Waals surface area contributed by atoms with Gasteiger partial charge in [-0.2, -0.15) is 5.10 Å². The fourth-order valence-corrected chi connectivity index (χ4v) is 4.51. The molecule has 0 aliphatic carbocycles. The second kappa shape index (κ2) is 7.84. The van der Waals surface area contributed by atoms with Crippen LogP contribution in [-0.2, 0) is 0 Å². The molecular formula is C23H15Br2ClN2O2. The third-order valence-corrected chi connectivity index (χ3v) is 6.57. The van der Waals surface area contributed by atoms with Gasteiger partial charge in [0.15, 0.2) is 0 Å². The van der Waals surface area contributed by atoms with Gasteiger partial charge in [0.1, 0.15) is 5.75 Å². The average Bonchev–Trinajstić information content (AvgIpc) is 3.19. The summed E-state index contributed by atoms with van der Waals surface area (Å²) in [7, 11) is 0. The van der Waals surface area contributed by atoms with Crippen LogP contribution >= 0.6 is 43.5 Å². The van der Waals surface area contributed by atoms with Crippen molar-refractivity contribution in [3.63, 3.8) is 0 Å². The van der Waals surface area contributed by atoms with E-state index in [1.807, 2.05) is 48.5 Å². The lowest BCUT2D eigenvalue weighted by atomic mass is 9.96. The summed E-state index contributed by atoms with van der Waals surface area (Å²) in [5.41, 5.74) is 3.45. The Balaban J connectivity index is 1.57. The summed E-state index contributed by atoms with van der Waals surface area (Å²) in [6.45, 7) is 0. The van der Waals surface area contributed by atoms with Gasteiger partial charge in [-0.1, -0.05) is 67.7 Å². The van der Waals surface area contributed by atoms with Gasteiger partial charge < -0.3 is 4.74 Å². The van der Waals surface area contributed by atoms with E-state index in [9.17, 15) is 4.79 Å². The first kappa shape index (κ1) is 19.8. The van der Waals surface area contributed by atoms with Crippen LogP contribution in [0.1, 0.15) is 33.9 Å². The number of hydrogen-bond acceptors (Lipinski definition) is 4. The summed E-state index contributed by atoms with van der Waals surface area (Å²) in [6, 6.07) is 20.7. The molecule has 2 aliphatic rings. The van der Waals surface area contributed by atoms with Crippen LogP contribution in [0, 0.1) is 0 Å². The Kier molecular flexibility index (Phi) is 5.17. The molecule has 2 heterocycles. The number of carbonyl (C=O) groups is 1. The molecule has 2 atom stereocenters. The molecule has 7 heteroatoms. The van der Waals surface area contributed by atoms with Gasteiger partial charge in [0.05, 0.1) is 11.8 Å². The molecule has 3 aromatic rings.